The van der Waals surface area contributed by atoms with Crippen LogP contribution in [0.2, 0.25) is 0 Å². The van der Waals surface area contributed by atoms with Crippen molar-refractivity contribution in [3.05, 3.63) is 29.8 Å². The van der Waals surface area contributed by atoms with E-state index in [0.717, 1.165) is 5.75 Å². The third kappa shape index (κ3) is 4.27. The second-order valence-corrected chi connectivity index (χ2v) is 14.6. The smallest absolute Gasteiger partial charge is 0.260 e. The topological polar surface area (TPSA) is 35.5 Å². The number of hydrogen-bond donors (Lipinski definition) is 0. The minimum atomic E-state index is -2.71. The molecule has 1 unspecified atom stereocenters. The third-order valence-corrected chi connectivity index (χ3v) is 12.9. The lowest BCUT2D eigenvalue weighted by molar-refractivity contribution is 0.176. The maximum atomic E-state index is 13.1. The van der Waals surface area contributed by atoms with Gasteiger partial charge in [0.2, 0.25) is 0 Å². The molecule has 0 bridgehead atoms. The van der Waals surface area contributed by atoms with Gasteiger partial charge in [-0.1, -0.05) is 58.9 Å². The SMILES string of the molecule is COc1ccc([C@@H]2SSC(C)(C)[C@H]2OP(=O)(SC)C(C)C)cc1. The molecule has 3 atom stereocenters. The summed E-state index contributed by atoms with van der Waals surface area (Å²) in [5.74, 6) is 0.845. The van der Waals surface area contributed by atoms with Crippen LogP contribution in [0.15, 0.2) is 24.3 Å². The van der Waals surface area contributed by atoms with Crippen LogP contribution < -0.4 is 4.74 Å². The molecule has 130 valence electrons. The van der Waals surface area contributed by atoms with Crippen LogP contribution in [0, 0.1) is 0 Å². The maximum absolute atomic E-state index is 13.1. The highest BCUT2D eigenvalue weighted by molar-refractivity contribution is 8.77. The van der Waals surface area contributed by atoms with Crippen molar-refractivity contribution in [2.45, 2.75) is 49.5 Å². The summed E-state index contributed by atoms with van der Waals surface area (Å²) in [6, 6.07) is 8.10. The highest BCUT2D eigenvalue weighted by Crippen LogP contribution is 2.69. The molecule has 1 fully saturated rings. The number of ether oxygens (including phenoxy) is 1. The summed E-state index contributed by atoms with van der Waals surface area (Å²) in [6.45, 7) is 5.58. The van der Waals surface area contributed by atoms with Crippen LogP contribution in [-0.4, -0.2) is 29.9 Å². The van der Waals surface area contributed by atoms with E-state index >= 15 is 0 Å². The monoisotopic (exact) mass is 392 g/mol. The highest BCUT2D eigenvalue weighted by atomic mass is 33.1. The molecule has 0 spiro atoms. The molecule has 0 N–H and O–H groups in total. The number of hydrogen-bond acceptors (Lipinski definition) is 6. The fourth-order valence-electron chi connectivity index (χ4n) is 2.38. The zero-order valence-electron chi connectivity index (χ0n) is 14.4. The zero-order chi connectivity index (χ0) is 17.3. The zero-order valence-corrected chi connectivity index (χ0v) is 17.8. The molecule has 0 radical (unpaired) electrons. The summed E-state index contributed by atoms with van der Waals surface area (Å²) in [5, 5.41) is 0.167. The quantitative estimate of drug-likeness (QED) is 0.420. The van der Waals surface area contributed by atoms with Crippen molar-refractivity contribution in [2.75, 3.05) is 13.4 Å². The van der Waals surface area contributed by atoms with E-state index in [4.69, 9.17) is 9.26 Å². The van der Waals surface area contributed by atoms with Gasteiger partial charge >= 0.3 is 0 Å². The second-order valence-electron chi connectivity index (χ2n) is 6.32. The van der Waals surface area contributed by atoms with Gasteiger partial charge in [-0.25, -0.2) is 0 Å². The first kappa shape index (κ1) is 19.6. The van der Waals surface area contributed by atoms with E-state index in [9.17, 15) is 4.57 Å². The van der Waals surface area contributed by atoms with Gasteiger partial charge in [0.1, 0.15) is 5.75 Å². The van der Waals surface area contributed by atoms with Crippen molar-refractivity contribution in [1.29, 1.82) is 0 Å². The first-order valence-electron chi connectivity index (χ1n) is 7.56. The Kier molecular flexibility index (Phi) is 6.52. The molecular formula is C16H25O3PS3. The fourth-order valence-corrected chi connectivity index (χ4v) is 9.24. The molecule has 7 heteroatoms. The molecule has 0 amide bonds. The maximum Gasteiger partial charge on any atom is 0.260 e. The largest absolute Gasteiger partial charge is 0.497 e. The van der Waals surface area contributed by atoms with E-state index in [2.05, 4.69) is 26.0 Å². The molecule has 1 saturated heterocycles. The normalized spacial score (nSPS) is 26.2. The Hall–Kier alpha value is 0.260. The van der Waals surface area contributed by atoms with Crippen LogP contribution in [0.3, 0.4) is 0 Å². The van der Waals surface area contributed by atoms with Crippen molar-refractivity contribution in [1.82, 2.24) is 0 Å². The van der Waals surface area contributed by atoms with Crippen molar-refractivity contribution >= 4 is 39.5 Å². The van der Waals surface area contributed by atoms with Gasteiger partial charge < -0.3 is 9.26 Å². The van der Waals surface area contributed by atoms with Gasteiger partial charge in [0.25, 0.3) is 6.57 Å². The Bertz CT molecular complexity index is 574. The van der Waals surface area contributed by atoms with Gasteiger partial charge in [0, 0.05) is 10.4 Å². The molecule has 2 rings (SSSR count). The van der Waals surface area contributed by atoms with Gasteiger partial charge in [-0.05, 0) is 37.8 Å². The van der Waals surface area contributed by atoms with Crippen molar-refractivity contribution in [3.63, 3.8) is 0 Å². The van der Waals surface area contributed by atoms with Gasteiger partial charge in [0.15, 0.2) is 0 Å². The Balaban J connectivity index is 2.30. The van der Waals surface area contributed by atoms with Crippen LogP contribution in [-0.2, 0) is 9.09 Å². The van der Waals surface area contributed by atoms with E-state index in [-0.39, 0.29) is 21.8 Å². The Morgan fingerprint density at radius 1 is 1.26 bits per heavy atom. The molecule has 0 aromatic heterocycles. The van der Waals surface area contributed by atoms with Crippen LogP contribution in [0.1, 0.15) is 38.5 Å². The van der Waals surface area contributed by atoms with Gasteiger partial charge in [-0.15, -0.1) is 0 Å². The van der Waals surface area contributed by atoms with Gasteiger partial charge in [-0.2, -0.15) is 0 Å². The Labute approximate surface area is 151 Å². The molecule has 1 aromatic carbocycles. The van der Waals surface area contributed by atoms with Crippen LogP contribution in [0.4, 0.5) is 0 Å². The van der Waals surface area contributed by atoms with Gasteiger partial charge in [0.05, 0.1) is 18.5 Å². The summed E-state index contributed by atoms with van der Waals surface area (Å²) in [4.78, 5) is 0. The lowest BCUT2D eigenvalue weighted by Gasteiger charge is -2.33. The molecule has 0 aliphatic carbocycles. The van der Waals surface area contributed by atoms with Gasteiger partial charge in [-0.3, -0.25) is 4.57 Å². The summed E-state index contributed by atoms with van der Waals surface area (Å²) < 4.78 is 24.5. The average molecular weight is 393 g/mol. The van der Waals surface area contributed by atoms with Crippen LogP contribution in [0.25, 0.3) is 0 Å². The molecular weight excluding hydrogens is 367 g/mol. The lowest BCUT2D eigenvalue weighted by atomic mass is 9.98. The lowest BCUT2D eigenvalue weighted by Crippen LogP contribution is -2.33. The number of methoxy groups -OCH3 is 1. The molecule has 1 aliphatic heterocycles. The minimum Gasteiger partial charge on any atom is -0.497 e. The van der Waals surface area contributed by atoms with E-state index in [1.807, 2.05) is 53.8 Å². The Morgan fingerprint density at radius 2 is 1.87 bits per heavy atom. The predicted molar refractivity (Wildman–Crippen MR) is 106 cm³/mol. The fraction of sp³-hybridized carbons (Fsp3) is 0.625. The predicted octanol–water partition coefficient (Wildman–Crippen LogP) is 6.26. The van der Waals surface area contributed by atoms with E-state index in [1.165, 1.54) is 16.9 Å². The molecule has 3 nitrogen and oxygen atoms in total. The summed E-state index contributed by atoms with van der Waals surface area (Å²) in [5.41, 5.74) is 1.20. The highest BCUT2D eigenvalue weighted by Gasteiger charge is 2.49. The summed E-state index contributed by atoms with van der Waals surface area (Å²) in [6.07, 6.45) is 1.79. The Morgan fingerprint density at radius 3 is 2.35 bits per heavy atom. The van der Waals surface area contributed by atoms with E-state index in [1.54, 1.807) is 7.11 Å². The summed E-state index contributed by atoms with van der Waals surface area (Å²) >= 11 is 1.37. The minimum absolute atomic E-state index is 0.0143. The third-order valence-electron chi connectivity index (χ3n) is 3.92. The second kappa shape index (κ2) is 7.65. The number of benzene rings is 1. The van der Waals surface area contributed by atoms with Crippen LogP contribution in [0.5, 0.6) is 5.75 Å². The molecule has 23 heavy (non-hydrogen) atoms. The first-order valence-corrected chi connectivity index (χ1v) is 13.3. The number of rotatable bonds is 6. The molecule has 0 saturated carbocycles. The molecule has 1 heterocycles. The average Bonchev–Trinajstić information content (AvgIpc) is 2.82. The molecule has 1 aliphatic rings. The standard InChI is InChI=1S/C16H25O3PS3/c1-11(2)20(17,21-6)19-15-14(22-23-16(15,3)4)12-7-9-13(18-5)10-8-12/h7-11,14-15H,1-6H3/t14-,15-,20?/m0/s1. The van der Waals surface area contributed by atoms with E-state index in [0.29, 0.717) is 0 Å². The summed E-state index contributed by atoms with van der Waals surface area (Å²) in [7, 11) is 5.29. The first-order chi connectivity index (χ1) is 10.7. The van der Waals surface area contributed by atoms with Crippen molar-refractivity contribution in [2.24, 2.45) is 0 Å². The van der Waals surface area contributed by atoms with Crippen molar-refractivity contribution in [3.8, 4) is 5.75 Å². The van der Waals surface area contributed by atoms with Crippen molar-refractivity contribution < 1.29 is 13.8 Å². The van der Waals surface area contributed by atoms with E-state index < -0.39 is 6.57 Å². The molecule has 1 aromatic rings. The van der Waals surface area contributed by atoms with Crippen LogP contribution >= 0.6 is 39.5 Å².